The Bertz CT molecular complexity index is 1130. The predicted octanol–water partition coefficient (Wildman–Crippen LogP) is 5.36. The van der Waals surface area contributed by atoms with Gasteiger partial charge >= 0.3 is 0 Å². The van der Waals surface area contributed by atoms with Crippen molar-refractivity contribution >= 4 is 22.6 Å². The smallest absolute Gasteiger partial charge is 0.271 e. The number of nitrogens with zero attached hydrogens (tertiary/aromatic N) is 2. The van der Waals surface area contributed by atoms with Crippen LogP contribution in [-0.2, 0) is 6.61 Å². The maximum atomic E-state index is 14.0. The lowest BCUT2D eigenvalue weighted by atomic mass is 10.0. The number of para-hydroxylation sites is 1. The minimum Gasteiger partial charge on any atom is -0.488 e. The van der Waals surface area contributed by atoms with Gasteiger partial charge < -0.3 is 4.74 Å². The van der Waals surface area contributed by atoms with E-state index in [4.69, 9.17) is 4.74 Å². The summed E-state index contributed by atoms with van der Waals surface area (Å²) in [4.78, 5) is 17.4. The Morgan fingerprint density at radius 1 is 1.21 bits per heavy atom. The molecule has 2 heterocycles. The number of aromatic nitrogens is 2. The number of nitrogens with one attached hydrogen (secondary N) is 1. The molecule has 0 saturated carbocycles. The van der Waals surface area contributed by atoms with Crippen LogP contribution in [0.2, 0.25) is 0 Å². The number of fused-ring (bicyclic) bond motifs is 1. The highest BCUT2D eigenvalue weighted by Crippen LogP contribution is 2.46. The molecular formula is C22H22FN3O2S. The Morgan fingerprint density at radius 3 is 2.69 bits per heavy atom. The van der Waals surface area contributed by atoms with Crippen molar-refractivity contribution in [1.82, 2.24) is 9.78 Å². The number of rotatable bonds is 5. The fourth-order valence-electron chi connectivity index (χ4n) is 3.40. The van der Waals surface area contributed by atoms with Crippen LogP contribution in [0.5, 0.6) is 5.75 Å². The topological polar surface area (TPSA) is 59.4 Å². The van der Waals surface area contributed by atoms with Crippen molar-refractivity contribution < 1.29 is 9.13 Å². The minimum atomic E-state index is -0.298. The number of halogens is 1. The molecule has 7 heteroatoms. The van der Waals surface area contributed by atoms with Crippen molar-refractivity contribution in [3.05, 3.63) is 81.4 Å². The summed E-state index contributed by atoms with van der Waals surface area (Å²) in [7, 11) is 0. The second-order valence-electron chi connectivity index (χ2n) is 7.19. The second kappa shape index (κ2) is 7.91. The summed E-state index contributed by atoms with van der Waals surface area (Å²) >= 11 is 1.52. The zero-order chi connectivity index (χ0) is 20.5. The maximum Gasteiger partial charge on any atom is 0.271 e. The van der Waals surface area contributed by atoms with Crippen LogP contribution in [0.15, 0.2) is 58.3 Å². The van der Waals surface area contributed by atoms with Crippen LogP contribution in [0.1, 0.15) is 48.8 Å². The van der Waals surface area contributed by atoms with Gasteiger partial charge in [0, 0.05) is 17.2 Å². The van der Waals surface area contributed by atoms with E-state index < -0.39 is 0 Å². The average Bonchev–Trinajstić information content (AvgIpc) is 3.04. The molecule has 150 valence electrons. The molecule has 0 unspecified atom stereocenters. The van der Waals surface area contributed by atoms with E-state index in [1.165, 1.54) is 17.8 Å². The van der Waals surface area contributed by atoms with Gasteiger partial charge in [-0.2, -0.15) is 0 Å². The molecule has 29 heavy (non-hydrogen) atoms. The SMILES string of the molecule is CC1=Nc2c(c(=O)[nH]n2C(C)C)[C@@H](c2ccccc2OCc2ccccc2F)S1. The van der Waals surface area contributed by atoms with E-state index in [-0.39, 0.29) is 29.3 Å². The van der Waals surface area contributed by atoms with Crippen LogP contribution < -0.4 is 10.3 Å². The van der Waals surface area contributed by atoms with Crippen LogP contribution in [-0.4, -0.2) is 14.8 Å². The molecule has 3 aromatic rings. The third kappa shape index (κ3) is 3.74. The van der Waals surface area contributed by atoms with Crippen LogP contribution in [0.25, 0.3) is 0 Å². The number of aromatic amines is 1. The first-order chi connectivity index (χ1) is 14.0. The van der Waals surface area contributed by atoms with Gasteiger partial charge in [0.25, 0.3) is 5.56 Å². The van der Waals surface area contributed by atoms with Gasteiger partial charge in [-0.15, -0.1) is 0 Å². The fourth-order valence-corrected chi connectivity index (χ4v) is 4.53. The number of benzene rings is 2. The summed E-state index contributed by atoms with van der Waals surface area (Å²) in [5, 5.41) is 3.54. The summed E-state index contributed by atoms with van der Waals surface area (Å²) in [6, 6.07) is 14.2. The first-order valence-corrected chi connectivity index (χ1v) is 10.3. The standard InChI is InChI=1S/C22H22FN3O2S/c1-13(2)26-21-19(22(27)25-26)20(29-14(3)24-21)16-9-5-7-11-18(16)28-12-15-8-4-6-10-17(15)23/h4-11,13,20H,12H2,1-3H3,(H,25,27)/t20-/m1/s1. The van der Waals surface area contributed by atoms with Crippen LogP contribution in [0.4, 0.5) is 10.2 Å². The lowest BCUT2D eigenvalue weighted by Crippen LogP contribution is -2.14. The van der Waals surface area contributed by atoms with E-state index >= 15 is 0 Å². The lowest BCUT2D eigenvalue weighted by Gasteiger charge is -2.23. The minimum absolute atomic E-state index is 0.0827. The van der Waals surface area contributed by atoms with E-state index in [0.717, 1.165) is 10.6 Å². The molecule has 1 N–H and O–H groups in total. The number of hydrogen-bond acceptors (Lipinski definition) is 4. The Kier molecular flexibility index (Phi) is 5.32. The van der Waals surface area contributed by atoms with Crippen molar-refractivity contribution in [3.63, 3.8) is 0 Å². The van der Waals surface area contributed by atoms with E-state index in [1.807, 2.05) is 45.0 Å². The molecule has 1 aromatic heterocycles. The Morgan fingerprint density at radius 2 is 1.93 bits per heavy atom. The molecule has 0 spiro atoms. The Balaban J connectivity index is 1.73. The molecule has 0 radical (unpaired) electrons. The number of hydrogen-bond donors (Lipinski definition) is 1. The molecule has 0 amide bonds. The Hall–Kier alpha value is -2.80. The average molecular weight is 412 g/mol. The number of H-pyrrole nitrogens is 1. The third-order valence-electron chi connectivity index (χ3n) is 4.81. The highest BCUT2D eigenvalue weighted by molar-refractivity contribution is 8.14. The summed E-state index contributed by atoms with van der Waals surface area (Å²) in [6.45, 7) is 6.06. The van der Waals surface area contributed by atoms with Gasteiger partial charge in [-0.25, -0.2) is 9.38 Å². The molecule has 0 bridgehead atoms. The molecule has 0 saturated heterocycles. The van der Waals surface area contributed by atoms with Crippen LogP contribution in [0.3, 0.4) is 0 Å². The highest BCUT2D eigenvalue weighted by Gasteiger charge is 2.32. The van der Waals surface area contributed by atoms with Gasteiger partial charge in [0.15, 0.2) is 5.82 Å². The largest absolute Gasteiger partial charge is 0.488 e. The monoisotopic (exact) mass is 411 g/mol. The highest BCUT2D eigenvalue weighted by atomic mass is 32.2. The van der Waals surface area contributed by atoms with E-state index in [9.17, 15) is 9.18 Å². The van der Waals surface area contributed by atoms with Gasteiger partial charge in [-0.1, -0.05) is 48.2 Å². The predicted molar refractivity (Wildman–Crippen MR) is 115 cm³/mol. The molecule has 4 rings (SSSR count). The molecular weight excluding hydrogens is 389 g/mol. The molecule has 1 aliphatic heterocycles. The number of thioether (sulfide) groups is 1. The van der Waals surface area contributed by atoms with Gasteiger partial charge in [-0.05, 0) is 32.9 Å². The van der Waals surface area contributed by atoms with Crippen molar-refractivity contribution in [3.8, 4) is 5.75 Å². The maximum absolute atomic E-state index is 14.0. The first kappa shape index (κ1) is 19.5. The van der Waals surface area contributed by atoms with E-state index in [0.29, 0.717) is 22.7 Å². The number of aliphatic imine (C=N–C) groups is 1. The molecule has 2 aromatic carbocycles. The molecule has 1 aliphatic rings. The van der Waals surface area contributed by atoms with E-state index in [1.54, 1.807) is 22.9 Å². The normalized spacial score (nSPS) is 15.9. The quantitative estimate of drug-likeness (QED) is 0.615. The van der Waals surface area contributed by atoms with Crippen molar-refractivity contribution in [2.75, 3.05) is 0 Å². The lowest BCUT2D eigenvalue weighted by molar-refractivity contribution is 0.297. The van der Waals surface area contributed by atoms with Crippen molar-refractivity contribution in [2.45, 2.75) is 38.7 Å². The Labute approximate surface area is 172 Å². The second-order valence-corrected chi connectivity index (χ2v) is 8.49. The van der Waals surface area contributed by atoms with Crippen molar-refractivity contribution in [1.29, 1.82) is 0 Å². The summed E-state index contributed by atoms with van der Waals surface area (Å²) in [5.41, 5.74) is 1.83. The third-order valence-corrected chi connectivity index (χ3v) is 5.97. The summed E-state index contributed by atoms with van der Waals surface area (Å²) in [6.07, 6.45) is 0. The van der Waals surface area contributed by atoms with E-state index in [2.05, 4.69) is 10.1 Å². The van der Waals surface area contributed by atoms with Gasteiger partial charge in [0.1, 0.15) is 18.2 Å². The zero-order valence-electron chi connectivity index (χ0n) is 16.5. The molecule has 1 atom stereocenters. The summed E-state index contributed by atoms with van der Waals surface area (Å²) < 4.78 is 21.8. The van der Waals surface area contributed by atoms with Gasteiger partial charge in [0.05, 0.1) is 15.9 Å². The molecule has 0 fully saturated rings. The molecule has 0 aliphatic carbocycles. The summed E-state index contributed by atoms with van der Waals surface area (Å²) in [5.74, 6) is 0.994. The van der Waals surface area contributed by atoms with Crippen LogP contribution >= 0.6 is 11.8 Å². The first-order valence-electron chi connectivity index (χ1n) is 9.47. The zero-order valence-corrected chi connectivity index (χ0v) is 17.3. The fraction of sp³-hybridized carbons (Fsp3) is 0.273. The van der Waals surface area contributed by atoms with Crippen LogP contribution in [0, 0.1) is 5.82 Å². The number of ether oxygens (including phenoxy) is 1. The van der Waals surface area contributed by atoms with Gasteiger partial charge in [0.2, 0.25) is 0 Å². The van der Waals surface area contributed by atoms with Crippen molar-refractivity contribution in [2.24, 2.45) is 4.99 Å². The molecule has 5 nitrogen and oxygen atoms in total. The van der Waals surface area contributed by atoms with Gasteiger partial charge in [-0.3, -0.25) is 14.6 Å².